The molecule has 18 heavy (non-hydrogen) atoms. The van der Waals surface area contributed by atoms with Crippen LogP contribution in [0, 0.1) is 12.1 Å². The SMILES string of the molecule is [c]1ccc2ccc3c4ccccc4[c]cc3c2c1. The molecular formula is C18H10. The summed E-state index contributed by atoms with van der Waals surface area (Å²) in [5.41, 5.74) is 0. The Morgan fingerprint density at radius 2 is 1.61 bits per heavy atom. The van der Waals surface area contributed by atoms with E-state index in [2.05, 4.69) is 66.7 Å². The first kappa shape index (κ1) is 9.67. The van der Waals surface area contributed by atoms with E-state index in [0.29, 0.717) is 0 Å². The summed E-state index contributed by atoms with van der Waals surface area (Å²) in [6, 6.07) is 27.5. The van der Waals surface area contributed by atoms with Crippen molar-refractivity contribution < 1.29 is 0 Å². The molecule has 2 radical (unpaired) electrons. The predicted octanol–water partition coefficient (Wildman–Crippen LogP) is 4.75. The van der Waals surface area contributed by atoms with Gasteiger partial charge in [-0.25, -0.2) is 0 Å². The number of rotatable bonds is 0. The molecule has 4 rings (SSSR count). The molecule has 0 nitrogen and oxygen atoms in total. The van der Waals surface area contributed by atoms with E-state index in [1.54, 1.807) is 0 Å². The van der Waals surface area contributed by atoms with Crippen molar-refractivity contribution in [2.45, 2.75) is 0 Å². The molecular weight excluding hydrogens is 216 g/mol. The maximum absolute atomic E-state index is 3.37. The first-order valence-electron chi connectivity index (χ1n) is 6.05. The van der Waals surface area contributed by atoms with Crippen LogP contribution in [0.25, 0.3) is 32.3 Å². The smallest absolute Gasteiger partial charge is 0.00923 e. The molecule has 4 aromatic rings. The summed E-state index contributed by atoms with van der Waals surface area (Å²) >= 11 is 0. The molecule has 0 heterocycles. The summed E-state index contributed by atoms with van der Waals surface area (Å²) in [6.07, 6.45) is 0. The zero-order valence-corrected chi connectivity index (χ0v) is 9.77. The van der Waals surface area contributed by atoms with Crippen LogP contribution in [-0.4, -0.2) is 0 Å². The molecule has 0 aromatic heterocycles. The molecule has 0 N–H and O–H groups in total. The average molecular weight is 226 g/mol. The summed E-state index contributed by atoms with van der Waals surface area (Å²) in [5.74, 6) is 0. The molecule has 0 heteroatoms. The normalized spacial score (nSPS) is 11.3. The van der Waals surface area contributed by atoms with Gasteiger partial charge in [-0.15, -0.1) is 0 Å². The average Bonchev–Trinajstić information content (AvgIpc) is 2.46. The molecule has 0 spiro atoms. The minimum atomic E-state index is 1.17. The van der Waals surface area contributed by atoms with E-state index in [9.17, 15) is 0 Å². The number of benzene rings is 4. The zero-order chi connectivity index (χ0) is 11.9. The van der Waals surface area contributed by atoms with E-state index < -0.39 is 0 Å². The number of hydrogen-bond acceptors (Lipinski definition) is 0. The van der Waals surface area contributed by atoms with E-state index in [1.807, 2.05) is 6.07 Å². The third kappa shape index (κ3) is 1.26. The predicted molar refractivity (Wildman–Crippen MR) is 76.6 cm³/mol. The number of hydrogen-bond donors (Lipinski definition) is 0. The maximum Gasteiger partial charge on any atom is -0.00923 e. The van der Waals surface area contributed by atoms with Gasteiger partial charge in [-0.3, -0.25) is 0 Å². The van der Waals surface area contributed by atoms with Crippen molar-refractivity contribution in [1.82, 2.24) is 0 Å². The zero-order valence-electron chi connectivity index (χ0n) is 9.77. The van der Waals surface area contributed by atoms with Crippen molar-refractivity contribution in [3.8, 4) is 0 Å². The van der Waals surface area contributed by atoms with Gasteiger partial charge in [0, 0.05) is 0 Å². The van der Waals surface area contributed by atoms with Crippen LogP contribution in [0.4, 0.5) is 0 Å². The lowest BCUT2D eigenvalue weighted by atomic mass is 9.97. The summed E-state index contributed by atoms with van der Waals surface area (Å²) in [7, 11) is 0. The Balaban J connectivity index is 2.31. The molecule has 0 aliphatic rings. The van der Waals surface area contributed by atoms with Crippen molar-refractivity contribution >= 4 is 32.3 Å². The quantitative estimate of drug-likeness (QED) is 0.380. The van der Waals surface area contributed by atoms with Crippen LogP contribution < -0.4 is 0 Å². The Morgan fingerprint density at radius 1 is 0.667 bits per heavy atom. The van der Waals surface area contributed by atoms with E-state index in [4.69, 9.17) is 0 Å². The van der Waals surface area contributed by atoms with E-state index >= 15 is 0 Å². The largest absolute Gasteiger partial charge is 0.0616 e. The third-order valence-electron chi connectivity index (χ3n) is 3.50. The van der Waals surface area contributed by atoms with Crippen LogP contribution >= 0.6 is 0 Å². The van der Waals surface area contributed by atoms with Gasteiger partial charge >= 0.3 is 0 Å². The monoisotopic (exact) mass is 226 g/mol. The van der Waals surface area contributed by atoms with E-state index in [-0.39, 0.29) is 0 Å². The lowest BCUT2D eigenvalue weighted by Crippen LogP contribution is -1.80. The Labute approximate surface area is 105 Å². The second-order valence-corrected chi connectivity index (χ2v) is 4.51. The van der Waals surface area contributed by atoms with E-state index in [0.717, 1.165) is 0 Å². The number of fused-ring (bicyclic) bond motifs is 5. The summed E-state index contributed by atoms with van der Waals surface area (Å²) in [5, 5.41) is 7.48. The molecule has 0 aliphatic carbocycles. The Kier molecular flexibility index (Phi) is 1.92. The van der Waals surface area contributed by atoms with Gasteiger partial charge in [0.1, 0.15) is 0 Å². The lowest BCUT2D eigenvalue weighted by molar-refractivity contribution is 1.76. The lowest BCUT2D eigenvalue weighted by Gasteiger charge is -2.06. The first-order valence-corrected chi connectivity index (χ1v) is 6.05. The Morgan fingerprint density at radius 3 is 2.61 bits per heavy atom. The van der Waals surface area contributed by atoms with Crippen LogP contribution in [0.3, 0.4) is 0 Å². The second-order valence-electron chi connectivity index (χ2n) is 4.51. The molecule has 0 atom stereocenters. The van der Waals surface area contributed by atoms with Crippen molar-refractivity contribution in [3.63, 3.8) is 0 Å². The molecule has 82 valence electrons. The van der Waals surface area contributed by atoms with Crippen molar-refractivity contribution in [2.75, 3.05) is 0 Å². The van der Waals surface area contributed by atoms with Gasteiger partial charge in [0.2, 0.25) is 0 Å². The Bertz CT molecular complexity index is 797. The minimum absolute atomic E-state index is 1.17. The molecule has 0 bridgehead atoms. The Hall–Kier alpha value is -2.34. The summed E-state index contributed by atoms with van der Waals surface area (Å²) in [6.45, 7) is 0. The molecule has 0 unspecified atom stereocenters. The first-order chi connectivity index (χ1) is 8.93. The van der Waals surface area contributed by atoms with Crippen LogP contribution in [0.15, 0.2) is 60.7 Å². The van der Waals surface area contributed by atoms with Gasteiger partial charge in [-0.05, 0) is 56.6 Å². The van der Waals surface area contributed by atoms with E-state index in [1.165, 1.54) is 32.3 Å². The van der Waals surface area contributed by atoms with Gasteiger partial charge < -0.3 is 0 Å². The highest BCUT2D eigenvalue weighted by Gasteiger charge is 2.03. The highest BCUT2D eigenvalue weighted by atomic mass is 14.1. The molecule has 0 saturated carbocycles. The molecule has 0 saturated heterocycles. The molecule has 0 fully saturated rings. The molecule has 4 aromatic carbocycles. The van der Waals surface area contributed by atoms with Crippen molar-refractivity contribution in [3.05, 3.63) is 72.8 Å². The molecule has 0 aliphatic heterocycles. The fourth-order valence-corrected chi connectivity index (χ4v) is 2.61. The summed E-state index contributed by atoms with van der Waals surface area (Å²) in [4.78, 5) is 0. The van der Waals surface area contributed by atoms with Gasteiger partial charge in [-0.1, -0.05) is 48.5 Å². The second kappa shape index (κ2) is 3.58. The van der Waals surface area contributed by atoms with Crippen LogP contribution in [0.1, 0.15) is 0 Å². The minimum Gasteiger partial charge on any atom is -0.0616 e. The fourth-order valence-electron chi connectivity index (χ4n) is 2.61. The van der Waals surface area contributed by atoms with Gasteiger partial charge in [-0.2, -0.15) is 0 Å². The topological polar surface area (TPSA) is 0 Å². The van der Waals surface area contributed by atoms with Crippen LogP contribution in [0.2, 0.25) is 0 Å². The van der Waals surface area contributed by atoms with Gasteiger partial charge in [0.15, 0.2) is 0 Å². The summed E-state index contributed by atoms with van der Waals surface area (Å²) < 4.78 is 0. The highest BCUT2D eigenvalue weighted by molar-refractivity contribution is 6.16. The standard InChI is InChI=1S/C18H10/c1-3-7-15-13(5-1)9-11-18-16-8-4-2-6-14(16)10-12-17(15)18/h1-3,5-8,10-12H. The maximum atomic E-state index is 3.37. The van der Waals surface area contributed by atoms with Crippen LogP contribution in [-0.2, 0) is 0 Å². The van der Waals surface area contributed by atoms with Crippen LogP contribution in [0.5, 0.6) is 0 Å². The van der Waals surface area contributed by atoms with Crippen molar-refractivity contribution in [1.29, 1.82) is 0 Å². The highest BCUT2D eigenvalue weighted by Crippen LogP contribution is 2.30. The molecule has 0 amide bonds. The fraction of sp³-hybridized carbons (Fsp3) is 0. The van der Waals surface area contributed by atoms with Gasteiger partial charge in [0.25, 0.3) is 0 Å². The third-order valence-corrected chi connectivity index (χ3v) is 3.50. The van der Waals surface area contributed by atoms with Crippen molar-refractivity contribution in [2.24, 2.45) is 0 Å². The van der Waals surface area contributed by atoms with Gasteiger partial charge in [0.05, 0.1) is 0 Å².